The van der Waals surface area contributed by atoms with Gasteiger partial charge in [0.1, 0.15) is 13.2 Å². The summed E-state index contributed by atoms with van der Waals surface area (Å²) < 4.78 is 16.8. The number of carbonyl (C=O) groups is 3. The van der Waals surface area contributed by atoms with E-state index in [4.69, 9.17) is 14.2 Å². The van der Waals surface area contributed by atoms with Crippen molar-refractivity contribution in [3.8, 4) is 0 Å². The van der Waals surface area contributed by atoms with Crippen LogP contribution >= 0.6 is 0 Å². The van der Waals surface area contributed by atoms with Crippen LogP contribution in [0.1, 0.15) is 317 Å². The summed E-state index contributed by atoms with van der Waals surface area (Å²) in [5, 5.41) is 0. The van der Waals surface area contributed by atoms with E-state index in [1.807, 2.05) is 0 Å². The van der Waals surface area contributed by atoms with Gasteiger partial charge in [-0.1, -0.05) is 278 Å². The Morgan fingerprint density at radius 3 is 0.790 bits per heavy atom. The molecule has 0 fully saturated rings. The summed E-state index contributed by atoms with van der Waals surface area (Å²) >= 11 is 0. The fourth-order valence-electron chi connectivity index (χ4n) is 8.57. The van der Waals surface area contributed by atoms with E-state index in [0.29, 0.717) is 19.3 Å². The van der Waals surface area contributed by atoms with Gasteiger partial charge in [0.2, 0.25) is 0 Å². The van der Waals surface area contributed by atoms with Gasteiger partial charge in [0, 0.05) is 19.3 Å². The van der Waals surface area contributed by atoms with E-state index in [0.717, 1.165) is 63.7 Å². The maximum Gasteiger partial charge on any atom is 0.306 e. The molecule has 0 rings (SSSR count). The third-order valence-electron chi connectivity index (χ3n) is 12.8. The zero-order valence-electron chi connectivity index (χ0n) is 42.3. The molecule has 0 aromatic rings. The molecule has 0 aliphatic rings. The number of unbranched alkanes of at least 4 members (excludes halogenated alkanes) is 38. The maximum absolute atomic E-state index is 12.8. The molecule has 0 aromatic heterocycles. The highest BCUT2D eigenvalue weighted by atomic mass is 16.6. The van der Waals surface area contributed by atoms with Crippen molar-refractivity contribution >= 4 is 17.9 Å². The fourth-order valence-corrected chi connectivity index (χ4v) is 8.57. The Hall–Kier alpha value is -1.59. The summed E-state index contributed by atoms with van der Waals surface area (Å²) in [6, 6.07) is 0. The van der Waals surface area contributed by atoms with Gasteiger partial charge >= 0.3 is 17.9 Å². The topological polar surface area (TPSA) is 78.9 Å². The van der Waals surface area contributed by atoms with Crippen molar-refractivity contribution in [2.45, 2.75) is 323 Å². The molecule has 1 atom stereocenters. The Morgan fingerprint density at radius 2 is 0.532 bits per heavy atom. The molecule has 0 aliphatic carbocycles. The molecule has 0 N–H and O–H groups in total. The number of ether oxygens (including phenoxy) is 3. The predicted octanol–water partition coefficient (Wildman–Crippen LogP) is 18.2. The van der Waals surface area contributed by atoms with Crippen molar-refractivity contribution in [3.63, 3.8) is 0 Å². The second-order valence-corrected chi connectivity index (χ2v) is 19.7. The Kier molecular flexibility index (Phi) is 49.1. The van der Waals surface area contributed by atoms with Crippen LogP contribution in [0.2, 0.25) is 0 Å². The van der Waals surface area contributed by atoms with Crippen LogP contribution in [0.5, 0.6) is 0 Å². The zero-order chi connectivity index (χ0) is 45.2. The third-order valence-corrected chi connectivity index (χ3v) is 12.8. The van der Waals surface area contributed by atoms with Crippen LogP contribution in [-0.4, -0.2) is 37.2 Å². The monoisotopic (exact) mass is 877 g/mol. The first-order chi connectivity index (χ1) is 30.4. The molecular formula is C56H108O6. The fraction of sp³-hybridized carbons (Fsp3) is 0.946. The van der Waals surface area contributed by atoms with Crippen LogP contribution in [0, 0.1) is 5.92 Å². The summed E-state index contributed by atoms with van der Waals surface area (Å²) in [7, 11) is 0. The smallest absolute Gasteiger partial charge is 0.306 e. The van der Waals surface area contributed by atoms with Gasteiger partial charge in [-0.25, -0.2) is 0 Å². The number of hydrogen-bond donors (Lipinski definition) is 0. The van der Waals surface area contributed by atoms with E-state index in [2.05, 4.69) is 27.7 Å². The quantitative estimate of drug-likeness (QED) is 0.0344. The molecule has 6 nitrogen and oxygen atoms in total. The number of esters is 3. The largest absolute Gasteiger partial charge is 0.462 e. The SMILES string of the molecule is CCCCCCCCCCCCCCCCCCCC(=O)OC[C@H](COC(=O)CCCCCCCCCCC)OC(=O)CCCCCCCCCCCCCCCCCC(C)C. The van der Waals surface area contributed by atoms with Crippen LogP contribution in [0.25, 0.3) is 0 Å². The molecule has 0 heterocycles. The lowest BCUT2D eigenvalue weighted by atomic mass is 10.0. The summed E-state index contributed by atoms with van der Waals surface area (Å²) in [4.78, 5) is 38.0. The minimum Gasteiger partial charge on any atom is -0.462 e. The minimum absolute atomic E-state index is 0.0622. The van der Waals surface area contributed by atoms with E-state index in [1.54, 1.807) is 0 Å². The number of hydrogen-bond acceptors (Lipinski definition) is 6. The highest BCUT2D eigenvalue weighted by Crippen LogP contribution is 2.18. The van der Waals surface area contributed by atoms with Crippen molar-refractivity contribution in [3.05, 3.63) is 0 Å². The average molecular weight is 877 g/mol. The number of carbonyl (C=O) groups excluding carboxylic acids is 3. The summed E-state index contributed by atoms with van der Waals surface area (Å²) in [5.74, 6) is 0.00672. The molecule has 0 spiro atoms. The molecule has 0 aliphatic heterocycles. The predicted molar refractivity (Wildman–Crippen MR) is 266 cm³/mol. The lowest BCUT2D eigenvalue weighted by Gasteiger charge is -2.18. The summed E-state index contributed by atoms with van der Waals surface area (Å²) in [6.07, 6.45) is 53.8. The van der Waals surface area contributed by atoms with Crippen molar-refractivity contribution in [2.75, 3.05) is 13.2 Å². The molecule has 0 amide bonds. The summed E-state index contributed by atoms with van der Waals surface area (Å²) in [6.45, 7) is 9.04. The van der Waals surface area contributed by atoms with E-state index in [1.165, 1.54) is 212 Å². The second-order valence-electron chi connectivity index (χ2n) is 19.7. The normalized spacial score (nSPS) is 12.0. The first-order valence-corrected chi connectivity index (χ1v) is 27.9. The van der Waals surface area contributed by atoms with Gasteiger partial charge < -0.3 is 14.2 Å². The Balaban J connectivity index is 4.22. The molecular weight excluding hydrogens is 769 g/mol. The highest BCUT2D eigenvalue weighted by Gasteiger charge is 2.19. The minimum atomic E-state index is -0.760. The first-order valence-electron chi connectivity index (χ1n) is 27.9. The standard InChI is InChI=1S/C56H108O6/c1-5-7-9-11-13-15-16-17-18-19-22-25-28-32-36-40-44-48-55(58)61-51-53(50-60-54(57)47-43-39-35-30-14-12-10-8-6-2)62-56(59)49-45-41-37-33-29-26-23-20-21-24-27-31-34-38-42-46-52(3)4/h52-53H,5-51H2,1-4H3/t53-/m0/s1. The lowest BCUT2D eigenvalue weighted by molar-refractivity contribution is -0.167. The van der Waals surface area contributed by atoms with Crippen LogP contribution < -0.4 is 0 Å². The van der Waals surface area contributed by atoms with Crippen molar-refractivity contribution in [2.24, 2.45) is 5.92 Å². The number of rotatable bonds is 51. The van der Waals surface area contributed by atoms with Crippen molar-refractivity contribution in [1.29, 1.82) is 0 Å². The van der Waals surface area contributed by atoms with Crippen LogP contribution in [0.15, 0.2) is 0 Å². The molecule has 6 heteroatoms. The van der Waals surface area contributed by atoms with Gasteiger partial charge in [0.05, 0.1) is 0 Å². The van der Waals surface area contributed by atoms with E-state index >= 15 is 0 Å². The molecule has 0 radical (unpaired) electrons. The second kappa shape index (κ2) is 50.4. The maximum atomic E-state index is 12.8. The zero-order valence-corrected chi connectivity index (χ0v) is 42.3. The summed E-state index contributed by atoms with van der Waals surface area (Å²) in [5.41, 5.74) is 0. The molecule has 0 aromatic carbocycles. The average Bonchev–Trinajstić information content (AvgIpc) is 3.26. The Labute approximate surface area is 387 Å². The Bertz CT molecular complexity index is 933. The molecule has 368 valence electrons. The highest BCUT2D eigenvalue weighted by molar-refractivity contribution is 5.71. The van der Waals surface area contributed by atoms with Gasteiger partial charge in [-0.3, -0.25) is 14.4 Å². The van der Waals surface area contributed by atoms with Crippen LogP contribution in [0.3, 0.4) is 0 Å². The van der Waals surface area contributed by atoms with E-state index in [-0.39, 0.29) is 31.1 Å². The molecule has 0 saturated carbocycles. The molecule has 0 bridgehead atoms. The first kappa shape index (κ1) is 60.4. The van der Waals surface area contributed by atoms with Gasteiger partial charge in [-0.05, 0) is 25.2 Å². The van der Waals surface area contributed by atoms with Gasteiger partial charge in [-0.15, -0.1) is 0 Å². The molecule has 62 heavy (non-hydrogen) atoms. The van der Waals surface area contributed by atoms with Gasteiger partial charge in [-0.2, -0.15) is 0 Å². The van der Waals surface area contributed by atoms with E-state index in [9.17, 15) is 14.4 Å². The van der Waals surface area contributed by atoms with Crippen LogP contribution in [-0.2, 0) is 28.6 Å². The van der Waals surface area contributed by atoms with Crippen LogP contribution in [0.4, 0.5) is 0 Å². The third kappa shape index (κ3) is 49.4. The van der Waals surface area contributed by atoms with Gasteiger partial charge in [0.25, 0.3) is 0 Å². The Morgan fingerprint density at radius 1 is 0.306 bits per heavy atom. The lowest BCUT2D eigenvalue weighted by Crippen LogP contribution is -2.30. The van der Waals surface area contributed by atoms with Crippen molar-refractivity contribution in [1.82, 2.24) is 0 Å². The van der Waals surface area contributed by atoms with E-state index < -0.39 is 6.10 Å². The molecule has 0 unspecified atom stereocenters. The molecule has 0 saturated heterocycles. The van der Waals surface area contributed by atoms with Gasteiger partial charge in [0.15, 0.2) is 6.10 Å². The van der Waals surface area contributed by atoms with Crippen molar-refractivity contribution < 1.29 is 28.6 Å².